The summed E-state index contributed by atoms with van der Waals surface area (Å²) in [7, 11) is 0. The third-order valence-electron chi connectivity index (χ3n) is 2.33. The van der Waals surface area contributed by atoms with E-state index in [2.05, 4.69) is 5.32 Å². The summed E-state index contributed by atoms with van der Waals surface area (Å²) in [6, 6.07) is 1.35. The Morgan fingerprint density at radius 2 is 2.05 bits per heavy atom. The van der Waals surface area contributed by atoms with Crippen molar-refractivity contribution in [3.8, 4) is 0 Å². The SMILES string of the molecule is CC(C)(C)OC(=O)NCC(N)c1ccc(F)c(Cl)c1F. The van der Waals surface area contributed by atoms with Crippen molar-refractivity contribution in [3.63, 3.8) is 0 Å². The lowest BCUT2D eigenvalue weighted by Gasteiger charge is -2.21. The number of carbonyl (C=O) groups is 1. The maximum Gasteiger partial charge on any atom is 0.407 e. The molecule has 0 bridgehead atoms. The molecule has 1 rings (SSSR count). The number of carbonyl (C=O) groups excluding carboxylic acids is 1. The van der Waals surface area contributed by atoms with E-state index in [4.69, 9.17) is 22.1 Å². The molecule has 20 heavy (non-hydrogen) atoms. The van der Waals surface area contributed by atoms with Crippen molar-refractivity contribution < 1.29 is 18.3 Å². The number of halogens is 3. The van der Waals surface area contributed by atoms with Crippen molar-refractivity contribution in [1.29, 1.82) is 0 Å². The van der Waals surface area contributed by atoms with Crippen LogP contribution in [0.2, 0.25) is 5.02 Å². The van der Waals surface area contributed by atoms with E-state index < -0.39 is 34.4 Å². The van der Waals surface area contributed by atoms with Crippen LogP contribution in [-0.4, -0.2) is 18.2 Å². The number of rotatable bonds is 3. The predicted octanol–water partition coefficient (Wildman–Crippen LogP) is 3.14. The number of hydrogen-bond acceptors (Lipinski definition) is 3. The van der Waals surface area contributed by atoms with Crippen LogP contribution in [-0.2, 0) is 4.74 Å². The van der Waals surface area contributed by atoms with E-state index in [0.717, 1.165) is 6.07 Å². The van der Waals surface area contributed by atoms with Gasteiger partial charge in [0.05, 0.1) is 6.04 Å². The van der Waals surface area contributed by atoms with Gasteiger partial charge in [0, 0.05) is 12.1 Å². The van der Waals surface area contributed by atoms with Gasteiger partial charge >= 0.3 is 6.09 Å². The number of hydrogen-bond donors (Lipinski definition) is 2. The second-order valence-electron chi connectivity index (χ2n) is 5.25. The molecule has 0 aliphatic carbocycles. The molecule has 1 amide bonds. The number of amides is 1. The van der Waals surface area contributed by atoms with Gasteiger partial charge in [0.25, 0.3) is 0 Å². The molecule has 0 spiro atoms. The molecule has 0 fully saturated rings. The first-order chi connectivity index (χ1) is 9.11. The Bertz CT molecular complexity index is 504. The summed E-state index contributed by atoms with van der Waals surface area (Å²) in [4.78, 5) is 11.4. The summed E-state index contributed by atoms with van der Waals surface area (Å²) in [5.41, 5.74) is 5.12. The third kappa shape index (κ3) is 4.61. The lowest BCUT2D eigenvalue weighted by atomic mass is 10.1. The van der Waals surface area contributed by atoms with E-state index in [1.54, 1.807) is 20.8 Å². The summed E-state index contributed by atoms with van der Waals surface area (Å²) in [5.74, 6) is -1.79. The quantitative estimate of drug-likeness (QED) is 0.843. The molecule has 1 unspecified atom stereocenters. The fraction of sp³-hybridized carbons (Fsp3) is 0.462. The topological polar surface area (TPSA) is 64.3 Å². The lowest BCUT2D eigenvalue weighted by molar-refractivity contribution is 0.0524. The number of nitrogens with two attached hydrogens (primary N) is 1. The van der Waals surface area contributed by atoms with Gasteiger partial charge in [0.15, 0.2) is 0 Å². The highest BCUT2D eigenvalue weighted by atomic mass is 35.5. The normalized spacial score (nSPS) is 12.9. The van der Waals surface area contributed by atoms with Crippen LogP contribution in [0.25, 0.3) is 0 Å². The molecule has 1 aromatic rings. The zero-order valence-corrected chi connectivity index (χ0v) is 12.2. The molecule has 0 radical (unpaired) electrons. The molecule has 3 N–H and O–H groups in total. The predicted molar refractivity (Wildman–Crippen MR) is 72.5 cm³/mol. The van der Waals surface area contributed by atoms with E-state index in [1.165, 1.54) is 6.07 Å². The summed E-state index contributed by atoms with van der Waals surface area (Å²) in [5, 5.41) is 1.79. The molecule has 7 heteroatoms. The van der Waals surface area contributed by atoms with Gasteiger partial charge in [-0.05, 0) is 26.8 Å². The fourth-order valence-corrected chi connectivity index (χ4v) is 1.62. The molecule has 0 saturated carbocycles. The fourth-order valence-electron chi connectivity index (χ4n) is 1.44. The standard InChI is InChI=1S/C13H17ClF2N2O2/c1-13(2,3)20-12(19)18-6-9(17)7-4-5-8(15)10(14)11(7)16/h4-5,9H,6,17H2,1-3H3,(H,18,19). The van der Waals surface area contributed by atoms with E-state index in [0.29, 0.717) is 0 Å². The van der Waals surface area contributed by atoms with Crippen molar-refractivity contribution in [1.82, 2.24) is 5.32 Å². The van der Waals surface area contributed by atoms with Gasteiger partial charge in [-0.2, -0.15) is 0 Å². The number of alkyl carbamates (subject to hydrolysis) is 1. The van der Waals surface area contributed by atoms with Crippen molar-refractivity contribution in [2.45, 2.75) is 32.4 Å². The number of nitrogens with one attached hydrogen (secondary N) is 1. The molecule has 0 aromatic heterocycles. The number of benzene rings is 1. The van der Waals surface area contributed by atoms with Gasteiger partial charge in [0.1, 0.15) is 22.3 Å². The largest absolute Gasteiger partial charge is 0.444 e. The molecule has 112 valence electrons. The summed E-state index contributed by atoms with van der Waals surface area (Å²) >= 11 is 5.46. The Labute approximate surface area is 121 Å². The Balaban J connectivity index is 2.66. The average Bonchev–Trinajstić information content (AvgIpc) is 2.31. The van der Waals surface area contributed by atoms with E-state index in [-0.39, 0.29) is 12.1 Å². The number of ether oxygens (including phenoxy) is 1. The van der Waals surface area contributed by atoms with Gasteiger partial charge in [-0.1, -0.05) is 17.7 Å². The first-order valence-electron chi connectivity index (χ1n) is 5.97. The van der Waals surface area contributed by atoms with Crippen molar-refractivity contribution in [3.05, 3.63) is 34.4 Å². The minimum absolute atomic E-state index is 0.0208. The Morgan fingerprint density at radius 1 is 1.45 bits per heavy atom. The van der Waals surface area contributed by atoms with Crippen LogP contribution >= 0.6 is 11.6 Å². The molecule has 1 aromatic carbocycles. The molecular formula is C13H17ClF2N2O2. The molecule has 0 aliphatic rings. The summed E-state index contributed by atoms with van der Waals surface area (Å²) in [6.07, 6.45) is -0.665. The minimum Gasteiger partial charge on any atom is -0.444 e. The average molecular weight is 307 g/mol. The lowest BCUT2D eigenvalue weighted by Crippen LogP contribution is -2.36. The highest BCUT2D eigenvalue weighted by molar-refractivity contribution is 6.30. The van der Waals surface area contributed by atoms with Crippen LogP contribution in [0.1, 0.15) is 32.4 Å². The second-order valence-corrected chi connectivity index (χ2v) is 5.63. The summed E-state index contributed by atoms with van der Waals surface area (Å²) < 4.78 is 31.7. The van der Waals surface area contributed by atoms with Gasteiger partial charge < -0.3 is 15.8 Å². The van der Waals surface area contributed by atoms with Crippen LogP contribution in [0.4, 0.5) is 13.6 Å². The van der Waals surface area contributed by atoms with Gasteiger partial charge in [-0.25, -0.2) is 13.6 Å². The third-order valence-corrected chi connectivity index (χ3v) is 2.68. The smallest absolute Gasteiger partial charge is 0.407 e. The van der Waals surface area contributed by atoms with Crippen LogP contribution < -0.4 is 11.1 Å². The van der Waals surface area contributed by atoms with Crippen LogP contribution in [0.15, 0.2) is 12.1 Å². The zero-order valence-electron chi connectivity index (χ0n) is 11.5. The van der Waals surface area contributed by atoms with E-state index in [9.17, 15) is 13.6 Å². The Morgan fingerprint density at radius 3 is 2.60 bits per heavy atom. The molecule has 0 aliphatic heterocycles. The maximum absolute atomic E-state index is 13.7. The Hall–Kier alpha value is -1.40. The van der Waals surface area contributed by atoms with Gasteiger partial charge in [-0.3, -0.25) is 0 Å². The summed E-state index contributed by atoms with van der Waals surface area (Å²) in [6.45, 7) is 5.08. The van der Waals surface area contributed by atoms with Crippen molar-refractivity contribution in [2.24, 2.45) is 5.73 Å². The highest BCUT2D eigenvalue weighted by Crippen LogP contribution is 2.25. The van der Waals surface area contributed by atoms with Crippen LogP contribution in [0, 0.1) is 11.6 Å². The first-order valence-corrected chi connectivity index (χ1v) is 6.35. The second kappa shape index (κ2) is 6.37. The minimum atomic E-state index is -0.926. The molecule has 4 nitrogen and oxygen atoms in total. The first kappa shape index (κ1) is 16.7. The zero-order chi connectivity index (χ0) is 15.5. The Kier molecular flexibility index (Phi) is 5.30. The van der Waals surface area contributed by atoms with E-state index in [1.807, 2.05) is 0 Å². The van der Waals surface area contributed by atoms with Gasteiger partial charge in [0.2, 0.25) is 0 Å². The molecule has 0 heterocycles. The van der Waals surface area contributed by atoms with Crippen LogP contribution in [0.3, 0.4) is 0 Å². The maximum atomic E-state index is 13.7. The van der Waals surface area contributed by atoms with Crippen molar-refractivity contribution in [2.75, 3.05) is 6.54 Å². The monoisotopic (exact) mass is 306 g/mol. The van der Waals surface area contributed by atoms with Crippen molar-refractivity contribution >= 4 is 17.7 Å². The van der Waals surface area contributed by atoms with Gasteiger partial charge in [-0.15, -0.1) is 0 Å². The molecule has 1 atom stereocenters. The molecule has 0 saturated heterocycles. The highest BCUT2D eigenvalue weighted by Gasteiger charge is 2.20. The molecular weight excluding hydrogens is 290 g/mol. The van der Waals surface area contributed by atoms with E-state index >= 15 is 0 Å². The van der Waals surface area contributed by atoms with Crippen LogP contribution in [0.5, 0.6) is 0 Å².